The van der Waals surface area contributed by atoms with Crippen LogP contribution < -0.4 is 0 Å². The van der Waals surface area contributed by atoms with Crippen molar-refractivity contribution >= 4 is 5.91 Å². The van der Waals surface area contributed by atoms with Gasteiger partial charge in [0.1, 0.15) is 0 Å². The molecule has 0 saturated heterocycles. The summed E-state index contributed by atoms with van der Waals surface area (Å²) < 4.78 is 0. The van der Waals surface area contributed by atoms with Crippen molar-refractivity contribution in [2.45, 2.75) is 25.5 Å². The second kappa shape index (κ2) is 4.23. The summed E-state index contributed by atoms with van der Waals surface area (Å²) in [4.78, 5) is 13.6. The van der Waals surface area contributed by atoms with E-state index in [1.165, 1.54) is 4.90 Å². The maximum atomic E-state index is 12.2. The Balaban J connectivity index is 2.53. The van der Waals surface area contributed by atoms with Crippen molar-refractivity contribution < 1.29 is 9.90 Å². The molecule has 17 heavy (non-hydrogen) atoms. The Morgan fingerprint density at radius 3 is 2.82 bits per heavy atom. The van der Waals surface area contributed by atoms with E-state index in [0.29, 0.717) is 17.7 Å². The molecule has 1 aliphatic rings. The molecule has 88 valence electrons. The second-order valence-electron chi connectivity index (χ2n) is 4.20. The highest BCUT2D eigenvalue weighted by Crippen LogP contribution is 2.39. The van der Waals surface area contributed by atoms with Crippen molar-refractivity contribution in [1.82, 2.24) is 4.90 Å². The summed E-state index contributed by atoms with van der Waals surface area (Å²) in [5.41, 5.74) is -0.159. The van der Waals surface area contributed by atoms with Crippen LogP contribution in [0.4, 0.5) is 0 Å². The number of carbonyl (C=O) groups is 1. The minimum absolute atomic E-state index is 0.121. The molecule has 0 fully saturated rings. The Hall–Kier alpha value is -1.79. The molecule has 1 atom stereocenters. The predicted octanol–water partition coefficient (Wildman–Crippen LogP) is 1.72. The number of aliphatic hydroxyl groups is 1. The Labute approximate surface area is 101 Å². The molecular weight excluding hydrogens is 214 g/mol. The van der Waals surface area contributed by atoms with Gasteiger partial charge in [-0.2, -0.15) is 0 Å². The van der Waals surface area contributed by atoms with E-state index in [1.54, 1.807) is 18.2 Å². The molecule has 0 saturated carbocycles. The maximum Gasteiger partial charge on any atom is 0.256 e. The van der Waals surface area contributed by atoms with Crippen LogP contribution in [0.25, 0.3) is 0 Å². The van der Waals surface area contributed by atoms with Crippen LogP contribution in [0.15, 0.2) is 24.3 Å². The van der Waals surface area contributed by atoms with Crippen LogP contribution in [0.5, 0.6) is 0 Å². The van der Waals surface area contributed by atoms with Crippen LogP contribution in [-0.2, 0) is 5.72 Å². The fraction of sp³-hybridized carbons (Fsp3) is 0.357. The van der Waals surface area contributed by atoms with E-state index in [-0.39, 0.29) is 12.3 Å². The summed E-state index contributed by atoms with van der Waals surface area (Å²) in [6, 6.07) is 7.10. The fourth-order valence-electron chi connectivity index (χ4n) is 2.32. The molecule has 2 rings (SSSR count). The van der Waals surface area contributed by atoms with Crippen molar-refractivity contribution in [3.63, 3.8) is 0 Å². The highest BCUT2D eigenvalue weighted by Gasteiger charge is 2.47. The SMILES string of the molecule is C#CCC1(O)c2ccccc2C(=O)N1CCC. The van der Waals surface area contributed by atoms with E-state index >= 15 is 0 Å². The Bertz CT molecular complexity index is 489. The van der Waals surface area contributed by atoms with Gasteiger partial charge in [-0.3, -0.25) is 4.79 Å². The Morgan fingerprint density at radius 1 is 1.47 bits per heavy atom. The van der Waals surface area contributed by atoms with E-state index in [0.717, 1.165) is 6.42 Å². The van der Waals surface area contributed by atoms with E-state index in [2.05, 4.69) is 5.92 Å². The third-order valence-electron chi connectivity index (χ3n) is 3.08. The average Bonchev–Trinajstić information content (AvgIpc) is 2.54. The summed E-state index contributed by atoms with van der Waals surface area (Å²) >= 11 is 0. The van der Waals surface area contributed by atoms with Gasteiger partial charge in [0.2, 0.25) is 0 Å². The molecule has 1 aliphatic heterocycles. The summed E-state index contributed by atoms with van der Waals surface area (Å²) in [7, 11) is 0. The molecule has 0 aliphatic carbocycles. The van der Waals surface area contributed by atoms with Crippen molar-refractivity contribution in [3.05, 3.63) is 35.4 Å². The number of hydrogen-bond donors (Lipinski definition) is 1. The van der Waals surface area contributed by atoms with Gasteiger partial charge < -0.3 is 10.0 Å². The van der Waals surface area contributed by atoms with Crippen molar-refractivity contribution in [3.8, 4) is 12.3 Å². The van der Waals surface area contributed by atoms with Crippen LogP contribution in [0.2, 0.25) is 0 Å². The van der Waals surface area contributed by atoms with Gasteiger partial charge in [-0.15, -0.1) is 12.3 Å². The first kappa shape index (κ1) is 11.7. The van der Waals surface area contributed by atoms with Gasteiger partial charge in [0.15, 0.2) is 5.72 Å². The third kappa shape index (κ3) is 1.62. The first-order chi connectivity index (χ1) is 8.15. The molecule has 1 heterocycles. The highest BCUT2D eigenvalue weighted by atomic mass is 16.3. The lowest BCUT2D eigenvalue weighted by molar-refractivity contribution is -0.0798. The number of nitrogens with zero attached hydrogens (tertiary/aromatic N) is 1. The number of amides is 1. The molecule has 1 N–H and O–H groups in total. The van der Waals surface area contributed by atoms with Crippen LogP contribution in [-0.4, -0.2) is 22.5 Å². The zero-order chi connectivity index (χ0) is 12.5. The second-order valence-corrected chi connectivity index (χ2v) is 4.20. The van der Waals surface area contributed by atoms with E-state index in [1.807, 2.05) is 13.0 Å². The molecule has 3 nitrogen and oxygen atoms in total. The summed E-state index contributed by atoms with van der Waals surface area (Å²) in [6.07, 6.45) is 6.21. The van der Waals surface area contributed by atoms with E-state index in [4.69, 9.17) is 6.42 Å². The van der Waals surface area contributed by atoms with Gasteiger partial charge in [-0.05, 0) is 12.5 Å². The summed E-state index contributed by atoms with van der Waals surface area (Å²) in [6.45, 7) is 2.47. The fourth-order valence-corrected chi connectivity index (χ4v) is 2.32. The third-order valence-corrected chi connectivity index (χ3v) is 3.08. The molecule has 1 amide bonds. The van der Waals surface area contributed by atoms with Crippen molar-refractivity contribution in [2.75, 3.05) is 6.54 Å². The standard InChI is InChI=1S/C14H15NO2/c1-3-9-14(17)12-8-6-5-7-11(12)13(16)15(14)10-4-2/h1,5-8,17H,4,9-10H2,2H3. The van der Waals surface area contributed by atoms with E-state index in [9.17, 15) is 9.90 Å². The predicted molar refractivity (Wildman–Crippen MR) is 65.1 cm³/mol. The Morgan fingerprint density at radius 2 is 2.18 bits per heavy atom. The molecule has 0 spiro atoms. The topological polar surface area (TPSA) is 40.5 Å². The number of carbonyl (C=O) groups excluding carboxylic acids is 1. The molecule has 0 radical (unpaired) electrons. The monoisotopic (exact) mass is 229 g/mol. The zero-order valence-corrected chi connectivity index (χ0v) is 9.81. The van der Waals surface area contributed by atoms with Crippen LogP contribution in [0.3, 0.4) is 0 Å². The first-order valence-corrected chi connectivity index (χ1v) is 5.72. The van der Waals surface area contributed by atoms with Gasteiger partial charge >= 0.3 is 0 Å². The van der Waals surface area contributed by atoms with Gasteiger partial charge in [0.05, 0.1) is 6.42 Å². The lowest BCUT2D eigenvalue weighted by atomic mass is 9.98. The van der Waals surface area contributed by atoms with Gasteiger partial charge in [0, 0.05) is 17.7 Å². The maximum absolute atomic E-state index is 12.2. The number of rotatable bonds is 3. The minimum Gasteiger partial charge on any atom is -0.366 e. The van der Waals surface area contributed by atoms with Gasteiger partial charge in [-0.1, -0.05) is 25.1 Å². The van der Waals surface area contributed by atoms with Crippen molar-refractivity contribution in [2.24, 2.45) is 0 Å². The molecular formula is C14H15NO2. The minimum atomic E-state index is -1.33. The zero-order valence-electron chi connectivity index (χ0n) is 9.81. The van der Waals surface area contributed by atoms with E-state index < -0.39 is 5.72 Å². The first-order valence-electron chi connectivity index (χ1n) is 5.72. The number of hydrogen-bond acceptors (Lipinski definition) is 2. The summed E-state index contributed by atoms with van der Waals surface area (Å²) in [5, 5.41) is 10.7. The Kier molecular flexibility index (Phi) is 2.91. The lowest BCUT2D eigenvalue weighted by Crippen LogP contribution is -2.43. The van der Waals surface area contributed by atoms with Crippen LogP contribution >= 0.6 is 0 Å². The van der Waals surface area contributed by atoms with Crippen LogP contribution in [0.1, 0.15) is 35.7 Å². The summed E-state index contributed by atoms with van der Waals surface area (Å²) in [5.74, 6) is 2.32. The quantitative estimate of drug-likeness (QED) is 0.802. The highest BCUT2D eigenvalue weighted by molar-refractivity contribution is 5.99. The van der Waals surface area contributed by atoms with Gasteiger partial charge in [0.25, 0.3) is 5.91 Å². The molecule has 1 aromatic carbocycles. The molecule has 0 aromatic heterocycles. The molecule has 0 bridgehead atoms. The number of terminal acetylenes is 1. The van der Waals surface area contributed by atoms with Crippen LogP contribution in [0, 0.1) is 12.3 Å². The molecule has 1 unspecified atom stereocenters. The average molecular weight is 229 g/mol. The number of benzene rings is 1. The largest absolute Gasteiger partial charge is 0.366 e. The normalized spacial score (nSPS) is 22.4. The molecule has 3 heteroatoms. The lowest BCUT2D eigenvalue weighted by Gasteiger charge is -2.32. The molecule has 1 aromatic rings. The van der Waals surface area contributed by atoms with Gasteiger partial charge in [-0.25, -0.2) is 0 Å². The number of fused-ring (bicyclic) bond motifs is 1. The van der Waals surface area contributed by atoms with Crippen molar-refractivity contribution in [1.29, 1.82) is 0 Å². The smallest absolute Gasteiger partial charge is 0.256 e.